The number of nitrogens with zero attached hydrogens (tertiary/aromatic N) is 1. The predicted octanol–water partition coefficient (Wildman–Crippen LogP) is 2.71. The minimum atomic E-state index is -0.460. The fourth-order valence-electron chi connectivity index (χ4n) is 3.96. The number of methoxy groups -OCH3 is 1. The van der Waals surface area contributed by atoms with Gasteiger partial charge in [-0.25, -0.2) is 4.79 Å². The predicted molar refractivity (Wildman–Crippen MR) is 91.7 cm³/mol. The summed E-state index contributed by atoms with van der Waals surface area (Å²) in [6.07, 6.45) is 4.86. The maximum atomic E-state index is 12.5. The number of ether oxygens (including phenoxy) is 2. The van der Waals surface area contributed by atoms with Crippen molar-refractivity contribution in [3.8, 4) is 0 Å². The third-order valence-corrected chi connectivity index (χ3v) is 4.99. The molecule has 3 unspecified atom stereocenters. The lowest BCUT2D eigenvalue weighted by molar-refractivity contribution is -0.143. The number of nitrogens with one attached hydrogen (secondary N) is 1. The van der Waals surface area contributed by atoms with Crippen molar-refractivity contribution in [1.82, 2.24) is 10.2 Å². The summed E-state index contributed by atoms with van der Waals surface area (Å²) in [6.45, 7) is 8.34. The maximum absolute atomic E-state index is 12.5. The molecule has 6 nitrogen and oxygen atoms in total. The minimum Gasteiger partial charge on any atom is -0.468 e. The number of piperidine rings is 1. The molecule has 0 radical (unpaired) electrons. The minimum absolute atomic E-state index is 0.188. The maximum Gasteiger partial charge on any atom is 0.410 e. The third-order valence-electron chi connectivity index (χ3n) is 4.99. The van der Waals surface area contributed by atoms with Crippen LogP contribution in [0.4, 0.5) is 4.79 Å². The van der Waals surface area contributed by atoms with Crippen LogP contribution in [0.5, 0.6) is 0 Å². The first kappa shape index (κ1) is 19.0. The zero-order chi connectivity index (χ0) is 17.9. The van der Waals surface area contributed by atoms with Gasteiger partial charge in [0.25, 0.3) is 0 Å². The fourth-order valence-corrected chi connectivity index (χ4v) is 3.96. The van der Waals surface area contributed by atoms with E-state index in [0.29, 0.717) is 12.0 Å². The zero-order valence-electron chi connectivity index (χ0n) is 15.6. The number of rotatable bonds is 3. The monoisotopic (exact) mass is 340 g/mol. The normalized spacial score (nSPS) is 28.7. The van der Waals surface area contributed by atoms with Crippen molar-refractivity contribution >= 4 is 12.1 Å². The van der Waals surface area contributed by atoms with Gasteiger partial charge in [-0.05, 0) is 65.7 Å². The molecule has 4 atom stereocenters. The highest BCUT2D eigenvalue weighted by Gasteiger charge is 2.40. The summed E-state index contributed by atoms with van der Waals surface area (Å²) in [6, 6.07) is 0.279. The second-order valence-electron chi connectivity index (χ2n) is 8.06. The Morgan fingerprint density at radius 2 is 1.92 bits per heavy atom. The van der Waals surface area contributed by atoms with Crippen LogP contribution in [-0.4, -0.2) is 54.3 Å². The van der Waals surface area contributed by atoms with Gasteiger partial charge in [-0.1, -0.05) is 0 Å². The van der Waals surface area contributed by atoms with E-state index >= 15 is 0 Å². The summed E-state index contributed by atoms with van der Waals surface area (Å²) in [5.74, 6) is 0.249. The Bertz CT molecular complexity index is 460. The number of hydrogen-bond acceptors (Lipinski definition) is 5. The molecule has 2 aliphatic rings. The van der Waals surface area contributed by atoms with E-state index in [0.717, 1.165) is 38.6 Å². The SMILES string of the molecule is COC(=O)[C@@H](C)NC1CCC2C(CCCN2C(=O)OC(C)(C)C)C1. The summed E-state index contributed by atoms with van der Waals surface area (Å²) in [5.41, 5.74) is -0.460. The Morgan fingerprint density at radius 1 is 1.21 bits per heavy atom. The average Bonchev–Trinajstić information content (AvgIpc) is 2.51. The highest BCUT2D eigenvalue weighted by molar-refractivity contribution is 5.75. The molecule has 1 heterocycles. The Hall–Kier alpha value is -1.30. The number of carbonyl (C=O) groups is 2. The molecule has 2 fully saturated rings. The van der Waals surface area contributed by atoms with E-state index in [9.17, 15) is 9.59 Å². The van der Waals surface area contributed by atoms with Gasteiger partial charge in [0.05, 0.1) is 7.11 Å². The number of carbonyl (C=O) groups excluding carboxylic acids is 2. The highest BCUT2D eigenvalue weighted by atomic mass is 16.6. The topological polar surface area (TPSA) is 67.9 Å². The Kier molecular flexibility index (Phi) is 6.12. The van der Waals surface area contributed by atoms with Crippen LogP contribution in [0.25, 0.3) is 0 Å². The van der Waals surface area contributed by atoms with Gasteiger partial charge in [0, 0.05) is 18.6 Å². The van der Waals surface area contributed by atoms with Gasteiger partial charge in [0.1, 0.15) is 11.6 Å². The first-order valence-corrected chi connectivity index (χ1v) is 9.04. The van der Waals surface area contributed by atoms with E-state index in [1.807, 2.05) is 32.6 Å². The Labute approximate surface area is 145 Å². The van der Waals surface area contributed by atoms with Gasteiger partial charge in [0.15, 0.2) is 0 Å². The lowest BCUT2D eigenvalue weighted by atomic mass is 9.76. The van der Waals surface area contributed by atoms with Gasteiger partial charge < -0.3 is 19.7 Å². The number of fused-ring (bicyclic) bond motifs is 1. The number of amides is 1. The molecule has 0 aromatic rings. The largest absolute Gasteiger partial charge is 0.468 e. The zero-order valence-corrected chi connectivity index (χ0v) is 15.6. The molecule has 6 heteroatoms. The van der Waals surface area contributed by atoms with Crippen molar-refractivity contribution in [1.29, 1.82) is 0 Å². The average molecular weight is 340 g/mol. The van der Waals surface area contributed by atoms with E-state index in [-0.39, 0.29) is 24.1 Å². The van der Waals surface area contributed by atoms with Crippen LogP contribution in [-0.2, 0) is 14.3 Å². The van der Waals surface area contributed by atoms with Crippen LogP contribution in [0.2, 0.25) is 0 Å². The Balaban J connectivity index is 1.93. The summed E-state index contributed by atoms with van der Waals surface area (Å²) in [7, 11) is 1.41. The van der Waals surface area contributed by atoms with Crippen molar-refractivity contribution in [2.24, 2.45) is 5.92 Å². The van der Waals surface area contributed by atoms with Gasteiger partial charge in [-0.15, -0.1) is 0 Å². The molecule has 1 amide bonds. The summed E-state index contributed by atoms with van der Waals surface area (Å²) < 4.78 is 10.4. The van der Waals surface area contributed by atoms with Gasteiger partial charge in [0.2, 0.25) is 0 Å². The van der Waals surface area contributed by atoms with Crippen LogP contribution in [0, 0.1) is 5.92 Å². The molecule has 1 aliphatic carbocycles. The van der Waals surface area contributed by atoms with Crippen LogP contribution in [0.15, 0.2) is 0 Å². The fraction of sp³-hybridized carbons (Fsp3) is 0.889. The molecule has 1 saturated heterocycles. The van der Waals surface area contributed by atoms with E-state index in [1.165, 1.54) is 7.11 Å². The third kappa shape index (κ3) is 4.85. The van der Waals surface area contributed by atoms with Crippen LogP contribution in [0.1, 0.15) is 59.8 Å². The molecule has 0 spiro atoms. The molecule has 2 rings (SSSR count). The number of hydrogen-bond donors (Lipinski definition) is 1. The van der Waals surface area contributed by atoms with Crippen molar-refractivity contribution in [3.05, 3.63) is 0 Å². The van der Waals surface area contributed by atoms with Crippen molar-refractivity contribution in [3.63, 3.8) is 0 Å². The van der Waals surface area contributed by atoms with Gasteiger partial charge in [-0.3, -0.25) is 4.79 Å². The van der Waals surface area contributed by atoms with E-state index in [4.69, 9.17) is 9.47 Å². The molecule has 1 N–H and O–H groups in total. The van der Waals surface area contributed by atoms with E-state index in [1.54, 1.807) is 0 Å². The van der Waals surface area contributed by atoms with Crippen molar-refractivity contribution < 1.29 is 19.1 Å². The summed E-state index contributed by atoms with van der Waals surface area (Å²) in [5, 5.41) is 3.38. The quantitative estimate of drug-likeness (QED) is 0.800. The first-order valence-electron chi connectivity index (χ1n) is 9.04. The summed E-state index contributed by atoms with van der Waals surface area (Å²) in [4.78, 5) is 26.0. The van der Waals surface area contributed by atoms with E-state index in [2.05, 4.69) is 5.32 Å². The summed E-state index contributed by atoms with van der Waals surface area (Å²) >= 11 is 0. The van der Waals surface area contributed by atoms with E-state index < -0.39 is 5.60 Å². The first-order chi connectivity index (χ1) is 11.2. The van der Waals surface area contributed by atoms with Crippen LogP contribution < -0.4 is 5.32 Å². The molecule has 24 heavy (non-hydrogen) atoms. The van der Waals surface area contributed by atoms with Crippen LogP contribution >= 0.6 is 0 Å². The standard InChI is InChI=1S/C18H32N2O4/c1-12(16(21)23-5)19-14-8-9-15-13(11-14)7-6-10-20(15)17(22)24-18(2,3)4/h12-15,19H,6-11H2,1-5H3/t12-,13?,14?,15?/m1/s1. The van der Waals surface area contributed by atoms with Gasteiger partial charge in [-0.2, -0.15) is 0 Å². The Morgan fingerprint density at radius 3 is 2.54 bits per heavy atom. The molecule has 138 valence electrons. The molecular weight excluding hydrogens is 308 g/mol. The molecular formula is C18H32N2O4. The van der Waals surface area contributed by atoms with Gasteiger partial charge >= 0.3 is 12.1 Å². The second kappa shape index (κ2) is 7.72. The van der Waals surface area contributed by atoms with Crippen LogP contribution in [0.3, 0.4) is 0 Å². The number of likely N-dealkylation sites (tertiary alicyclic amines) is 1. The highest BCUT2D eigenvalue weighted by Crippen LogP contribution is 2.36. The lowest BCUT2D eigenvalue weighted by Crippen LogP contribution is -2.55. The second-order valence-corrected chi connectivity index (χ2v) is 8.06. The molecule has 0 aromatic heterocycles. The van der Waals surface area contributed by atoms with Crippen molar-refractivity contribution in [2.45, 2.75) is 83.5 Å². The molecule has 0 bridgehead atoms. The number of esters is 1. The molecule has 0 aromatic carbocycles. The molecule has 1 aliphatic heterocycles. The lowest BCUT2D eigenvalue weighted by Gasteiger charge is -2.46. The smallest absolute Gasteiger partial charge is 0.410 e. The van der Waals surface area contributed by atoms with Crippen molar-refractivity contribution in [2.75, 3.05) is 13.7 Å². The molecule has 1 saturated carbocycles.